The third-order valence-electron chi connectivity index (χ3n) is 7.51. The number of carbonyl (C=O) groups excluding carboxylic acids is 1. The van der Waals surface area contributed by atoms with Crippen molar-refractivity contribution in [2.45, 2.75) is 54.9 Å². The summed E-state index contributed by atoms with van der Waals surface area (Å²) in [4.78, 5) is 13.5. The molecule has 1 saturated heterocycles. The molecule has 3 aromatic carbocycles. The highest BCUT2D eigenvalue weighted by Gasteiger charge is 2.38. The summed E-state index contributed by atoms with van der Waals surface area (Å²) in [5.74, 6) is 0.292. The fraction of sp³-hybridized carbons (Fsp3) is 0.387. The predicted molar refractivity (Wildman–Crippen MR) is 163 cm³/mol. The molecule has 2 aliphatic heterocycles. The van der Waals surface area contributed by atoms with Crippen molar-refractivity contribution in [3.63, 3.8) is 0 Å². The smallest absolute Gasteiger partial charge is 0.264 e. The number of ether oxygens (including phenoxy) is 2. The number of sulfonamides is 2. The van der Waals surface area contributed by atoms with Crippen LogP contribution in [0.5, 0.6) is 11.5 Å². The molecule has 0 bridgehead atoms. The molecule has 230 valence electrons. The number of anilines is 1. The van der Waals surface area contributed by atoms with E-state index in [0.29, 0.717) is 30.3 Å². The van der Waals surface area contributed by atoms with Crippen LogP contribution in [0.3, 0.4) is 0 Å². The van der Waals surface area contributed by atoms with Gasteiger partial charge in [-0.2, -0.15) is 4.31 Å². The Morgan fingerprint density at radius 3 is 2.21 bits per heavy atom. The highest BCUT2D eigenvalue weighted by molar-refractivity contribution is 7.92. The molecule has 2 heterocycles. The molecule has 0 saturated carbocycles. The van der Waals surface area contributed by atoms with Gasteiger partial charge in [0, 0.05) is 13.1 Å². The molecule has 43 heavy (non-hydrogen) atoms. The van der Waals surface area contributed by atoms with E-state index in [-0.39, 0.29) is 34.9 Å². The molecule has 0 spiro atoms. The Kier molecular flexibility index (Phi) is 8.73. The van der Waals surface area contributed by atoms with E-state index in [1.54, 1.807) is 42.5 Å². The van der Waals surface area contributed by atoms with E-state index >= 15 is 0 Å². The van der Waals surface area contributed by atoms with Gasteiger partial charge in [0.25, 0.3) is 15.9 Å². The van der Waals surface area contributed by atoms with Crippen molar-refractivity contribution in [1.82, 2.24) is 9.62 Å². The molecule has 1 atom stereocenters. The van der Waals surface area contributed by atoms with Gasteiger partial charge in [0.1, 0.15) is 18.1 Å². The van der Waals surface area contributed by atoms with Gasteiger partial charge in [-0.25, -0.2) is 16.8 Å². The van der Waals surface area contributed by atoms with E-state index in [9.17, 15) is 21.6 Å². The summed E-state index contributed by atoms with van der Waals surface area (Å²) in [7, 11) is -7.49. The lowest BCUT2D eigenvalue weighted by atomic mass is 9.86. The van der Waals surface area contributed by atoms with Crippen LogP contribution >= 0.6 is 0 Å². The largest absolute Gasteiger partial charge is 0.492 e. The molecular formula is C31H37N3O7S2. The van der Waals surface area contributed by atoms with Gasteiger partial charge in [-0.3, -0.25) is 9.10 Å². The van der Waals surface area contributed by atoms with Gasteiger partial charge < -0.3 is 14.8 Å². The highest BCUT2D eigenvalue weighted by Crippen LogP contribution is 2.40. The molecule has 1 N–H and O–H groups in total. The number of carbonyl (C=O) groups is 1. The summed E-state index contributed by atoms with van der Waals surface area (Å²) in [6.07, 6.45) is 0.647. The van der Waals surface area contributed by atoms with Gasteiger partial charge >= 0.3 is 0 Å². The van der Waals surface area contributed by atoms with Gasteiger partial charge in [0.2, 0.25) is 10.0 Å². The number of fused-ring (bicyclic) bond motifs is 1. The van der Waals surface area contributed by atoms with Crippen LogP contribution < -0.4 is 19.1 Å². The standard InChI is InChI=1S/C31H37N3O7S2/c1-31(2,3)23-11-16-28-27(21-23)34(43(38,39)25-9-5-4-6-10-25)22-29(41-28)30(35)32-17-20-40-24-12-14-26(15-13-24)42(36,37)33-18-7-8-19-33/h4-6,9-16,21,29H,7-8,17-20,22H2,1-3H3,(H,32,35)/t29-/m1/s1. The second-order valence-corrected chi connectivity index (χ2v) is 15.4. The van der Waals surface area contributed by atoms with Gasteiger partial charge in [-0.05, 0) is 72.4 Å². The maximum atomic E-state index is 13.7. The monoisotopic (exact) mass is 627 g/mol. The number of benzene rings is 3. The van der Waals surface area contributed by atoms with Crippen molar-refractivity contribution in [1.29, 1.82) is 0 Å². The van der Waals surface area contributed by atoms with Crippen molar-refractivity contribution < 1.29 is 31.1 Å². The second kappa shape index (κ2) is 12.2. The molecule has 10 nitrogen and oxygen atoms in total. The molecule has 2 aliphatic rings. The summed E-state index contributed by atoms with van der Waals surface area (Å²) in [5.41, 5.74) is 1.09. The zero-order chi connectivity index (χ0) is 30.8. The lowest BCUT2D eigenvalue weighted by Crippen LogP contribution is -2.51. The molecular weight excluding hydrogens is 590 g/mol. The Bertz CT molecular complexity index is 1660. The molecule has 1 amide bonds. The summed E-state index contributed by atoms with van der Waals surface area (Å²) in [5, 5.41) is 2.76. The van der Waals surface area contributed by atoms with E-state index in [1.807, 2.05) is 26.8 Å². The van der Waals surface area contributed by atoms with Crippen molar-refractivity contribution in [3.05, 3.63) is 78.4 Å². The minimum Gasteiger partial charge on any atom is -0.492 e. The molecule has 0 aliphatic carbocycles. The fourth-order valence-corrected chi connectivity index (χ4v) is 8.05. The first-order valence-electron chi connectivity index (χ1n) is 14.3. The third-order valence-corrected chi connectivity index (χ3v) is 11.2. The summed E-state index contributed by atoms with van der Waals surface area (Å²) in [6.45, 7) is 7.24. The predicted octanol–water partition coefficient (Wildman–Crippen LogP) is 3.92. The van der Waals surface area contributed by atoms with Gasteiger partial charge in [-0.15, -0.1) is 0 Å². The lowest BCUT2D eigenvalue weighted by molar-refractivity contribution is -0.127. The average Bonchev–Trinajstić information content (AvgIpc) is 3.55. The average molecular weight is 628 g/mol. The first-order chi connectivity index (χ1) is 20.4. The molecule has 0 radical (unpaired) electrons. The number of amides is 1. The van der Waals surface area contributed by atoms with Gasteiger partial charge in [0.15, 0.2) is 6.10 Å². The van der Waals surface area contributed by atoms with Crippen molar-refractivity contribution >= 4 is 31.6 Å². The molecule has 5 rings (SSSR count). The number of nitrogens with one attached hydrogen (secondary N) is 1. The second-order valence-electron chi connectivity index (χ2n) is 11.6. The van der Waals surface area contributed by atoms with Gasteiger partial charge in [0.05, 0.1) is 28.6 Å². The summed E-state index contributed by atoms with van der Waals surface area (Å²) in [6, 6.07) is 19.7. The Hall–Kier alpha value is -3.61. The number of nitrogens with zero attached hydrogens (tertiary/aromatic N) is 2. The van der Waals surface area contributed by atoms with Gasteiger partial charge in [-0.1, -0.05) is 45.0 Å². The first kappa shape index (κ1) is 30.8. The SMILES string of the molecule is CC(C)(C)c1ccc2c(c1)N(S(=O)(=O)c1ccccc1)C[C@H](C(=O)NCCOc1ccc(S(=O)(=O)N3CCCC3)cc1)O2. The van der Waals surface area contributed by atoms with E-state index in [1.165, 1.54) is 32.9 Å². The Morgan fingerprint density at radius 2 is 1.56 bits per heavy atom. The van der Waals surface area contributed by atoms with E-state index in [4.69, 9.17) is 9.47 Å². The maximum absolute atomic E-state index is 13.7. The molecule has 0 unspecified atom stereocenters. The van der Waals surface area contributed by atoms with Crippen molar-refractivity contribution in [2.75, 3.05) is 37.1 Å². The fourth-order valence-electron chi connectivity index (χ4n) is 5.04. The highest BCUT2D eigenvalue weighted by atomic mass is 32.2. The van der Waals surface area contributed by atoms with Crippen LogP contribution in [-0.4, -0.2) is 65.9 Å². The summed E-state index contributed by atoms with van der Waals surface area (Å²) >= 11 is 0. The maximum Gasteiger partial charge on any atom is 0.264 e. The van der Waals surface area contributed by atoms with Crippen LogP contribution in [-0.2, 0) is 30.3 Å². The zero-order valence-electron chi connectivity index (χ0n) is 24.5. The Morgan fingerprint density at radius 1 is 0.907 bits per heavy atom. The van der Waals surface area contributed by atoms with Crippen LogP contribution in [0.1, 0.15) is 39.2 Å². The molecule has 12 heteroatoms. The Balaban J connectivity index is 1.24. The summed E-state index contributed by atoms with van der Waals surface area (Å²) < 4.78 is 67.3. The minimum absolute atomic E-state index is 0.119. The lowest BCUT2D eigenvalue weighted by Gasteiger charge is -2.36. The van der Waals surface area contributed by atoms with Crippen molar-refractivity contribution in [2.24, 2.45) is 0 Å². The number of hydrogen-bond acceptors (Lipinski definition) is 7. The van der Waals surface area contributed by atoms with Crippen LogP contribution in [0.2, 0.25) is 0 Å². The van der Waals surface area contributed by atoms with Crippen LogP contribution in [0.25, 0.3) is 0 Å². The third kappa shape index (κ3) is 6.66. The first-order valence-corrected chi connectivity index (χ1v) is 17.1. The van der Waals surface area contributed by atoms with Crippen LogP contribution in [0, 0.1) is 0 Å². The number of hydrogen-bond donors (Lipinski definition) is 1. The quantitative estimate of drug-likeness (QED) is 0.357. The van der Waals surface area contributed by atoms with Crippen LogP contribution in [0.4, 0.5) is 5.69 Å². The zero-order valence-corrected chi connectivity index (χ0v) is 26.2. The van der Waals surface area contributed by atoms with E-state index in [2.05, 4.69) is 5.32 Å². The molecule has 0 aromatic heterocycles. The molecule has 1 fully saturated rings. The van der Waals surface area contributed by atoms with Crippen LogP contribution in [0.15, 0.2) is 82.6 Å². The Labute approximate surface area is 253 Å². The van der Waals surface area contributed by atoms with E-state index in [0.717, 1.165) is 18.4 Å². The molecule has 3 aromatic rings. The normalized spacial score (nSPS) is 17.7. The topological polar surface area (TPSA) is 122 Å². The van der Waals surface area contributed by atoms with Crippen molar-refractivity contribution in [3.8, 4) is 11.5 Å². The minimum atomic E-state index is -3.98. The number of rotatable bonds is 9. The van der Waals surface area contributed by atoms with E-state index < -0.39 is 32.1 Å².